The first kappa shape index (κ1) is 19.1. The van der Waals surface area contributed by atoms with E-state index in [9.17, 15) is 4.79 Å². The maximum Gasteiger partial charge on any atom is 0.225 e. The third kappa shape index (κ3) is 4.62. The second-order valence-electron chi connectivity index (χ2n) is 7.18. The molecule has 0 saturated carbocycles. The maximum absolute atomic E-state index is 12.8. The molecule has 1 atom stereocenters. The van der Waals surface area contributed by atoms with E-state index < -0.39 is 0 Å². The molecule has 7 nitrogen and oxygen atoms in total. The Morgan fingerprint density at radius 1 is 1.24 bits per heavy atom. The zero-order chi connectivity index (χ0) is 20.1. The zero-order valence-electron chi connectivity index (χ0n) is 16.5. The van der Waals surface area contributed by atoms with Crippen molar-refractivity contribution in [3.05, 3.63) is 54.5 Å². The summed E-state index contributed by atoms with van der Waals surface area (Å²) in [5.74, 6) is 0.872. The van der Waals surface area contributed by atoms with Crippen LogP contribution in [-0.4, -0.2) is 40.6 Å². The average Bonchev–Trinajstić information content (AvgIpc) is 2.78. The topological polar surface area (TPSA) is 80.2 Å². The van der Waals surface area contributed by atoms with Crippen LogP contribution in [0, 0.1) is 5.92 Å². The molecule has 7 heteroatoms. The number of aromatic nitrogens is 3. The molecule has 3 aromatic rings. The number of hydrogen-bond acceptors (Lipinski definition) is 6. The van der Waals surface area contributed by atoms with E-state index in [1.165, 1.54) is 0 Å². The Morgan fingerprint density at radius 3 is 3.03 bits per heavy atom. The number of anilines is 1. The molecule has 29 heavy (non-hydrogen) atoms. The number of pyridine rings is 1. The molecule has 2 aromatic heterocycles. The quantitative estimate of drug-likeness (QED) is 0.696. The molecule has 1 saturated heterocycles. The first-order valence-corrected chi connectivity index (χ1v) is 10.0. The van der Waals surface area contributed by atoms with Crippen LogP contribution < -0.4 is 15.0 Å². The molecule has 0 spiro atoms. The summed E-state index contributed by atoms with van der Waals surface area (Å²) < 4.78 is 5.53. The molecule has 3 heterocycles. The van der Waals surface area contributed by atoms with Crippen molar-refractivity contribution in [2.24, 2.45) is 5.92 Å². The SMILES string of the molecule is CCOc1cccc(CNC(=O)[C@@H]2CCCN(c3cnc4nccnc4c3)C2)c1. The van der Waals surface area contributed by atoms with Crippen LogP contribution in [0.5, 0.6) is 5.75 Å². The first-order valence-electron chi connectivity index (χ1n) is 10.0. The minimum atomic E-state index is -0.0450. The van der Waals surface area contributed by atoms with Crippen molar-refractivity contribution in [3.8, 4) is 5.75 Å². The van der Waals surface area contributed by atoms with Gasteiger partial charge in [-0.25, -0.2) is 9.97 Å². The number of amides is 1. The fourth-order valence-corrected chi connectivity index (χ4v) is 3.69. The maximum atomic E-state index is 12.8. The van der Waals surface area contributed by atoms with Crippen molar-refractivity contribution in [2.75, 3.05) is 24.6 Å². The summed E-state index contributed by atoms with van der Waals surface area (Å²) in [6.07, 6.45) is 6.98. The highest BCUT2D eigenvalue weighted by molar-refractivity contribution is 5.80. The summed E-state index contributed by atoms with van der Waals surface area (Å²) in [4.78, 5) is 27.9. The average molecular weight is 391 g/mol. The number of benzene rings is 1. The monoisotopic (exact) mass is 391 g/mol. The molecule has 4 rings (SSSR count). The minimum Gasteiger partial charge on any atom is -0.494 e. The van der Waals surface area contributed by atoms with Crippen LogP contribution in [0.3, 0.4) is 0 Å². The van der Waals surface area contributed by atoms with Crippen molar-refractivity contribution in [3.63, 3.8) is 0 Å². The van der Waals surface area contributed by atoms with E-state index in [1.54, 1.807) is 12.4 Å². The Balaban J connectivity index is 1.38. The second-order valence-corrected chi connectivity index (χ2v) is 7.18. The normalized spacial score (nSPS) is 16.6. The highest BCUT2D eigenvalue weighted by Crippen LogP contribution is 2.24. The van der Waals surface area contributed by atoms with Crippen LogP contribution in [0.25, 0.3) is 11.2 Å². The molecule has 0 bridgehead atoms. The largest absolute Gasteiger partial charge is 0.494 e. The minimum absolute atomic E-state index is 0.0450. The van der Waals surface area contributed by atoms with Crippen LogP contribution in [0.2, 0.25) is 0 Å². The van der Waals surface area contributed by atoms with Crippen LogP contribution in [0.1, 0.15) is 25.3 Å². The Morgan fingerprint density at radius 2 is 2.14 bits per heavy atom. The van der Waals surface area contributed by atoms with Gasteiger partial charge in [-0.1, -0.05) is 12.1 Å². The van der Waals surface area contributed by atoms with Gasteiger partial charge in [0.2, 0.25) is 5.91 Å². The predicted octanol–water partition coefficient (Wildman–Crippen LogP) is 2.96. The molecule has 1 aliphatic heterocycles. The molecule has 1 amide bonds. The number of rotatable bonds is 6. The second kappa shape index (κ2) is 8.86. The van der Waals surface area contributed by atoms with Crippen LogP contribution >= 0.6 is 0 Å². The molecule has 0 unspecified atom stereocenters. The van der Waals surface area contributed by atoms with E-state index in [2.05, 4.69) is 25.2 Å². The summed E-state index contributed by atoms with van der Waals surface area (Å²) >= 11 is 0. The van der Waals surface area contributed by atoms with Crippen molar-refractivity contribution in [1.82, 2.24) is 20.3 Å². The standard InChI is InChI=1S/C22H25N5O2/c1-2-29-19-7-3-5-16(11-19)13-26-22(28)17-6-4-10-27(15-17)18-12-20-21(25-14-18)24-9-8-23-20/h3,5,7-9,11-12,14,17H,2,4,6,10,13,15H2,1H3,(H,26,28)/t17-/m1/s1. The number of fused-ring (bicyclic) bond motifs is 1. The molecule has 0 aliphatic carbocycles. The van der Waals surface area contributed by atoms with Gasteiger partial charge in [-0.15, -0.1) is 0 Å². The van der Waals surface area contributed by atoms with Gasteiger partial charge in [-0.3, -0.25) is 9.78 Å². The molecule has 150 valence electrons. The van der Waals surface area contributed by atoms with E-state index in [4.69, 9.17) is 4.74 Å². The summed E-state index contributed by atoms with van der Waals surface area (Å²) in [6.45, 7) is 4.68. The highest BCUT2D eigenvalue weighted by atomic mass is 16.5. The fraction of sp³-hybridized carbons (Fsp3) is 0.364. The predicted molar refractivity (Wildman–Crippen MR) is 112 cm³/mol. The summed E-state index contributed by atoms with van der Waals surface area (Å²) in [6, 6.07) is 9.84. The highest BCUT2D eigenvalue weighted by Gasteiger charge is 2.26. The first-order chi connectivity index (χ1) is 14.2. The lowest BCUT2D eigenvalue weighted by atomic mass is 9.96. The third-order valence-corrected chi connectivity index (χ3v) is 5.14. The van der Waals surface area contributed by atoms with Gasteiger partial charge < -0.3 is 15.0 Å². The number of carbonyl (C=O) groups is 1. The van der Waals surface area contributed by atoms with Gasteiger partial charge in [0, 0.05) is 32.0 Å². The van der Waals surface area contributed by atoms with E-state index in [-0.39, 0.29) is 11.8 Å². The summed E-state index contributed by atoms with van der Waals surface area (Å²) in [5.41, 5.74) is 3.43. The Bertz CT molecular complexity index is 994. The molecular formula is C22H25N5O2. The van der Waals surface area contributed by atoms with Crippen LogP contribution in [0.4, 0.5) is 5.69 Å². The number of nitrogens with zero attached hydrogens (tertiary/aromatic N) is 4. The van der Waals surface area contributed by atoms with Crippen LogP contribution in [-0.2, 0) is 11.3 Å². The van der Waals surface area contributed by atoms with Gasteiger partial charge >= 0.3 is 0 Å². The Hall–Kier alpha value is -3.22. The third-order valence-electron chi connectivity index (χ3n) is 5.14. The Kier molecular flexibility index (Phi) is 5.84. The van der Waals surface area contributed by atoms with Gasteiger partial charge in [0.25, 0.3) is 0 Å². The Labute approximate surface area is 170 Å². The van der Waals surface area contributed by atoms with Gasteiger partial charge in [-0.05, 0) is 43.5 Å². The lowest BCUT2D eigenvalue weighted by Gasteiger charge is -2.33. The molecule has 0 radical (unpaired) electrons. The number of ether oxygens (including phenoxy) is 1. The zero-order valence-corrected chi connectivity index (χ0v) is 16.5. The number of carbonyl (C=O) groups excluding carboxylic acids is 1. The fourth-order valence-electron chi connectivity index (χ4n) is 3.69. The lowest BCUT2D eigenvalue weighted by Crippen LogP contribution is -2.43. The van der Waals surface area contributed by atoms with Crippen LogP contribution in [0.15, 0.2) is 48.9 Å². The summed E-state index contributed by atoms with van der Waals surface area (Å²) in [7, 11) is 0. The van der Waals surface area contributed by atoms with Crippen molar-refractivity contribution < 1.29 is 9.53 Å². The van der Waals surface area contributed by atoms with Crippen molar-refractivity contribution >= 4 is 22.8 Å². The number of nitrogens with one attached hydrogen (secondary N) is 1. The number of piperidine rings is 1. The van der Waals surface area contributed by atoms with E-state index in [0.717, 1.165) is 41.9 Å². The van der Waals surface area contributed by atoms with E-state index in [1.807, 2.05) is 43.5 Å². The van der Waals surface area contributed by atoms with Gasteiger partial charge in [0.15, 0.2) is 5.65 Å². The van der Waals surface area contributed by atoms with Gasteiger partial charge in [-0.2, -0.15) is 0 Å². The smallest absolute Gasteiger partial charge is 0.225 e. The number of hydrogen-bond donors (Lipinski definition) is 1. The van der Waals surface area contributed by atoms with E-state index in [0.29, 0.717) is 25.3 Å². The molecule has 1 N–H and O–H groups in total. The molecule has 1 fully saturated rings. The molecule has 1 aliphatic rings. The summed E-state index contributed by atoms with van der Waals surface area (Å²) in [5, 5.41) is 3.08. The molecule has 1 aromatic carbocycles. The van der Waals surface area contributed by atoms with Crippen molar-refractivity contribution in [1.29, 1.82) is 0 Å². The van der Waals surface area contributed by atoms with Gasteiger partial charge in [0.05, 0.1) is 24.4 Å². The lowest BCUT2D eigenvalue weighted by molar-refractivity contribution is -0.125. The van der Waals surface area contributed by atoms with E-state index >= 15 is 0 Å². The van der Waals surface area contributed by atoms with Crippen molar-refractivity contribution in [2.45, 2.75) is 26.3 Å². The molecular weight excluding hydrogens is 366 g/mol. The van der Waals surface area contributed by atoms with Gasteiger partial charge in [0.1, 0.15) is 11.3 Å².